The predicted molar refractivity (Wildman–Crippen MR) is 75.0 cm³/mol. The number of carbonyl (C=O) groups is 1. The molecule has 0 bridgehead atoms. The molecule has 0 saturated carbocycles. The first-order valence-corrected chi connectivity index (χ1v) is 6.98. The van der Waals surface area contributed by atoms with E-state index >= 15 is 0 Å². The molecule has 5 nitrogen and oxygen atoms in total. The number of carboxylic acid groups (broad SMARTS) is 1. The molecule has 0 radical (unpaired) electrons. The molecular weight excluding hydrogens is 242 g/mol. The summed E-state index contributed by atoms with van der Waals surface area (Å²) in [6, 6.07) is 0. The van der Waals surface area contributed by atoms with Crippen LogP contribution in [0.1, 0.15) is 33.1 Å². The summed E-state index contributed by atoms with van der Waals surface area (Å²) in [6.07, 6.45) is 7.91. The molecule has 1 N–H and O–H groups in total. The van der Waals surface area contributed by atoms with E-state index in [0.717, 1.165) is 32.5 Å². The largest absolute Gasteiger partial charge is 0.481 e. The highest BCUT2D eigenvalue weighted by atomic mass is 16.4. The van der Waals surface area contributed by atoms with E-state index in [1.54, 1.807) is 6.20 Å². The number of hydrogen-bond acceptors (Lipinski definition) is 3. The van der Waals surface area contributed by atoms with Crippen molar-refractivity contribution in [3.05, 3.63) is 18.7 Å². The Hall–Kier alpha value is -1.36. The maximum Gasteiger partial charge on any atom is 0.304 e. The topological polar surface area (TPSA) is 58.4 Å². The van der Waals surface area contributed by atoms with Gasteiger partial charge in [0.05, 0.1) is 12.7 Å². The Morgan fingerprint density at radius 3 is 2.74 bits per heavy atom. The summed E-state index contributed by atoms with van der Waals surface area (Å²) in [4.78, 5) is 16.9. The van der Waals surface area contributed by atoms with Crippen molar-refractivity contribution in [1.29, 1.82) is 0 Å². The van der Waals surface area contributed by atoms with Gasteiger partial charge >= 0.3 is 5.97 Å². The lowest BCUT2D eigenvalue weighted by molar-refractivity contribution is -0.137. The fourth-order valence-electron chi connectivity index (χ4n) is 1.93. The number of nitrogens with zero attached hydrogens (tertiary/aromatic N) is 3. The molecule has 0 aromatic carbocycles. The number of aromatic nitrogens is 2. The Bertz CT molecular complexity index is 350. The van der Waals surface area contributed by atoms with Gasteiger partial charge in [0.1, 0.15) is 0 Å². The van der Waals surface area contributed by atoms with Gasteiger partial charge in [0.2, 0.25) is 0 Å². The highest BCUT2D eigenvalue weighted by Crippen LogP contribution is 2.04. The van der Waals surface area contributed by atoms with E-state index < -0.39 is 5.97 Å². The van der Waals surface area contributed by atoms with Gasteiger partial charge in [0.25, 0.3) is 0 Å². The van der Waals surface area contributed by atoms with Crippen molar-refractivity contribution in [1.82, 2.24) is 14.5 Å². The van der Waals surface area contributed by atoms with Crippen LogP contribution in [0.4, 0.5) is 0 Å². The Balaban J connectivity index is 2.28. The summed E-state index contributed by atoms with van der Waals surface area (Å²) in [5, 5.41) is 8.78. The fourth-order valence-corrected chi connectivity index (χ4v) is 1.93. The van der Waals surface area contributed by atoms with E-state index in [9.17, 15) is 4.79 Å². The zero-order valence-electron chi connectivity index (χ0n) is 12.0. The van der Waals surface area contributed by atoms with Crippen molar-refractivity contribution < 1.29 is 9.90 Å². The first-order valence-electron chi connectivity index (χ1n) is 6.98. The van der Waals surface area contributed by atoms with Crippen molar-refractivity contribution in [3.63, 3.8) is 0 Å². The van der Waals surface area contributed by atoms with Crippen LogP contribution in [0.2, 0.25) is 0 Å². The minimum atomic E-state index is -0.718. The summed E-state index contributed by atoms with van der Waals surface area (Å²) in [7, 11) is 0. The quantitative estimate of drug-likeness (QED) is 0.705. The second kappa shape index (κ2) is 8.69. The zero-order chi connectivity index (χ0) is 14.1. The van der Waals surface area contributed by atoms with Crippen molar-refractivity contribution in [3.8, 4) is 0 Å². The van der Waals surface area contributed by atoms with Crippen LogP contribution in [0.3, 0.4) is 0 Å². The monoisotopic (exact) mass is 267 g/mol. The molecule has 1 heterocycles. The van der Waals surface area contributed by atoms with Crippen LogP contribution in [0.25, 0.3) is 0 Å². The molecule has 0 aliphatic heterocycles. The second-order valence-electron chi connectivity index (χ2n) is 5.32. The van der Waals surface area contributed by atoms with Crippen LogP contribution < -0.4 is 0 Å². The second-order valence-corrected chi connectivity index (χ2v) is 5.32. The smallest absolute Gasteiger partial charge is 0.304 e. The molecular formula is C14H25N3O2. The number of imidazole rings is 1. The van der Waals surface area contributed by atoms with E-state index in [1.807, 2.05) is 12.5 Å². The van der Waals surface area contributed by atoms with Gasteiger partial charge in [-0.2, -0.15) is 0 Å². The Labute approximate surface area is 115 Å². The molecule has 19 heavy (non-hydrogen) atoms. The maximum atomic E-state index is 10.7. The summed E-state index contributed by atoms with van der Waals surface area (Å²) in [5.41, 5.74) is 0. The minimum Gasteiger partial charge on any atom is -0.481 e. The summed E-state index contributed by atoms with van der Waals surface area (Å²) in [5.74, 6) is -0.0647. The van der Waals surface area contributed by atoms with E-state index in [4.69, 9.17) is 5.11 Å². The molecule has 1 aromatic heterocycles. The average molecular weight is 267 g/mol. The lowest BCUT2D eigenvalue weighted by Crippen LogP contribution is -2.30. The van der Waals surface area contributed by atoms with E-state index in [1.165, 1.54) is 0 Å². The van der Waals surface area contributed by atoms with E-state index in [0.29, 0.717) is 12.5 Å². The number of aryl methyl sites for hydroxylation is 1. The van der Waals surface area contributed by atoms with Crippen LogP contribution in [-0.2, 0) is 11.3 Å². The van der Waals surface area contributed by atoms with Crippen LogP contribution in [0, 0.1) is 5.92 Å². The maximum absolute atomic E-state index is 10.7. The van der Waals surface area contributed by atoms with E-state index in [-0.39, 0.29) is 6.42 Å². The standard InChI is InChI=1S/C14H25N3O2/c1-13(2)4-9-16(10-5-14(18)19)7-3-8-17-11-6-15-12-17/h6,11-13H,3-5,7-10H2,1-2H3,(H,18,19). The van der Waals surface area contributed by atoms with Gasteiger partial charge < -0.3 is 14.6 Å². The Kier molecular flexibility index (Phi) is 7.18. The van der Waals surface area contributed by atoms with Crippen molar-refractivity contribution in [2.24, 2.45) is 5.92 Å². The third-order valence-corrected chi connectivity index (χ3v) is 3.11. The minimum absolute atomic E-state index is 0.225. The third-order valence-electron chi connectivity index (χ3n) is 3.11. The van der Waals surface area contributed by atoms with Gasteiger partial charge in [0, 0.05) is 25.5 Å². The van der Waals surface area contributed by atoms with Gasteiger partial charge in [-0.25, -0.2) is 4.98 Å². The highest BCUT2D eigenvalue weighted by molar-refractivity contribution is 5.66. The van der Waals surface area contributed by atoms with Crippen LogP contribution in [0.5, 0.6) is 0 Å². The summed E-state index contributed by atoms with van der Waals surface area (Å²) >= 11 is 0. The molecule has 0 amide bonds. The third kappa shape index (κ3) is 7.62. The summed E-state index contributed by atoms with van der Waals surface area (Å²) < 4.78 is 2.05. The van der Waals surface area contributed by atoms with Crippen molar-refractivity contribution in [2.75, 3.05) is 19.6 Å². The van der Waals surface area contributed by atoms with Crippen LogP contribution >= 0.6 is 0 Å². The number of carboxylic acids is 1. The molecule has 108 valence electrons. The molecule has 1 aromatic rings. The number of hydrogen-bond donors (Lipinski definition) is 1. The molecule has 0 unspecified atom stereocenters. The van der Waals surface area contributed by atoms with Gasteiger partial charge in [0.15, 0.2) is 0 Å². The number of rotatable bonds is 10. The lowest BCUT2D eigenvalue weighted by Gasteiger charge is -2.22. The van der Waals surface area contributed by atoms with Crippen LogP contribution in [0.15, 0.2) is 18.7 Å². The predicted octanol–water partition coefficient (Wildman–Crippen LogP) is 2.10. The molecule has 0 spiro atoms. The van der Waals surface area contributed by atoms with Gasteiger partial charge in [-0.05, 0) is 31.8 Å². The SMILES string of the molecule is CC(C)CCN(CCCn1ccnc1)CCC(=O)O. The summed E-state index contributed by atoms with van der Waals surface area (Å²) in [6.45, 7) is 7.89. The Morgan fingerprint density at radius 2 is 2.16 bits per heavy atom. The highest BCUT2D eigenvalue weighted by Gasteiger charge is 2.08. The first kappa shape index (κ1) is 15.7. The molecule has 0 aliphatic carbocycles. The first-order chi connectivity index (χ1) is 9.08. The number of aliphatic carboxylic acids is 1. The molecule has 5 heteroatoms. The van der Waals surface area contributed by atoms with Crippen molar-refractivity contribution >= 4 is 5.97 Å². The molecule has 1 rings (SSSR count). The van der Waals surface area contributed by atoms with Gasteiger partial charge in [-0.3, -0.25) is 4.79 Å². The average Bonchev–Trinajstić information content (AvgIpc) is 2.84. The molecule has 0 aliphatic rings. The van der Waals surface area contributed by atoms with Gasteiger partial charge in [-0.1, -0.05) is 13.8 Å². The molecule has 0 atom stereocenters. The normalized spacial score (nSPS) is 11.4. The van der Waals surface area contributed by atoms with Crippen molar-refractivity contribution in [2.45, 2.75) is 39.7 Å². The van der Waals surface area contributed by atoms with Crippen LogP contribution in [-0.4, -0.2) is 45.2 Å². The Morgan fingerprint density at radius 1 is 1.37 bits per heavy atom. The fraction of sp³-hybridized carbons (Fsp3) is 0.714. The van der Waals surface area contributed by atoms with E-state index in [2.05, 4.69) is 28.3 Å². The van der Waals surface area contributed by atoms with Gasteiger partial charge in [-0.15, -0.1) is 0 Å². The zero-order valence-corrected chi connectivity index (χ0v) is 12.0. The lowest BCUT2D eigenvalue weighted by atomic mass is 10.1. The molecule has 0 saturated heterocycles. The molecule has 0 fully saturated rings.